The van der Waals surface area contributed by atoms with E-state index in [1.807, 2.05) is 12.1 Å². The molecule has 0 spiro atoms. The summed E-state index contributed by atoms with van der Waals surface area (Å²) in [6, 6.07) is 14.3. The third-order valence-electron chi connectivity index (χ3n) is 3.91. The third-order valence-corrected chi connectivity index (χ3v) is 3.91. The number of carbonyl (C=O) groups excluding carboxylic acids is 1. The van der Waals surface area contributed by atoms with Gasteiger partial charge in [0.1, 0.15) is 12.4 Å². The SMILES string of the molecule is COc1ccc(NC(=O)c2ccccc2OC(F)F)cc1OCc1ccncc1. The van der Waals surface area contributed by atoms with Crippen LogP contribution in [-0.4, -0.2) is 24.6 Å². The zero-order chi connectivity index (χ0) is 20.6. The van der Waals surface area contributed by atoms with Crippen molar-refractivity contribution in [3.63, 3.8) is 0 Å². The number of para-hydroxylation sites is 1. The second-order valence-electron chi connectivity index (χ2n) is 5.84. The lowest BCUT2D eigenvalue weighted by atomic mass is 10.2. The Labute approximate surface area is 166 Å². The van der Waals surface area contributed by atoms with Gasteiger partial charge in [0.25, 0.3) is 5.91 Å². The molecule has 29 heavy (non-hydrogen) atoms. The number of aromatic nitrogens is 1. The molecule has 0 aliphatic rings. The zero-order valence-electron chi connectivity index (χ0n) is 15.5. The monoisotopic (exact) mass is 400 g/mol. The van der Waals surface area contributed by atoms with Crippen LogP contribution in [0.1, 0.15) is 15.9 Å². The van der Waals surface area contributed by atoms with E-state index in [2.05, 4.69) is 15.0 Å². The highest BCUT2D eigenvalue weighted by atomic mass is 19.3. The van der Waals surface area contributed by atoms with E-state index in [9.17, 15) is 13.6 Å². The van der Waals surface area contributed by atoms with Gasteiger partial charge in [0.15, 0.2) is 11.5 Å². The standard InChI is InChI=1S/C21H18F2N2O4/c1-27-18-7-6-15(12-19(18)28-13-14-8-10-24-11-9-14)25-20(26)16-4-2-3-5-17(16)29-21(22)23/h2-12,21H,13H2,1H3,(H,25,26). The van der Waals surface area contributed by atoms with Gasteiger partial charge in [-0.3, -0.25) is 9.78 Å². The van der Waals surface area contributed by atoms with Gasteiger partial charge >= 0.3 is 6.61 Å². The number of amides is 1. The fraction of sp³-hybridized carbons (Fsp3) is 0.143. The number of nitrogens with zero attached hydrogens (tertiary/aromatic N) is 1. The molecule has 3 aromatic rings. The van der Waals surface area contributed by atoms with Crippen LogP contribution in [0.15, 0.2) is 67.0 Å². The molecule has 1 heterocycles. The van der Waals surface area contributed by atoms with Gasteiger partial charge in [0.05, 0.1) is 12.7 Å². The number of alkyl halides is 2. The minimum absolute atomic E-state index is 0.0112. The Kier molecular flexibility index (Phi) is 6.57. The largest absolute Gasteiger partial charge is 0.493 e. The summed E-state index contributed by atoms with van der Waals surface area (Å²) in [6.07, 6.45) is 3.32. The first-order valence-corrected chi connectivity index (χ1v) is 8.61. The topological polar surface area (TPSA) is 69.7 Å². The summed E-state index contributed by atoms with van der Waals surface area (Å²) in [5.41, 5.74) is 1.31. The summed E-state index contributed by atoms with van der Waals surface area (Å²) in [5.74, 6) is 0.104. The molecule has 1 N–H and O–H groups in total. The van der Waals surface area contributed by atoms with E-state index in [0.29, 0.717) is 17.2 Å². The van der Waals surface area contributed by atoms with Crippen molar-refractivity contribution < 1.29 is 27.8 Å². The van der Waals surface area contributed by atoms with E-state index in [-0.39, 0.29) is 17.9 Å². The molecule has 2 aromatic carbocycles. The lowest BCUT2D eigenvalue weighted by Crippen LogP contribution is -2.15. The van der Waals surface area contributed by atoms with Crippen LogP contribution < -0.4 is 19.5 Å². The maximum Gasteiger partial charge on any atom is 0.387 e. The molecular formula is C21H18F2N2O4. The molecule has 0 aliphatic heterocycles. The van der Waals surface area contributed by atoms with Crippen molar-refractivity contribution in [1.82, 2.24) is 4.98 Å². The lowest BCUT2D eigenvalue weighted by Gasteiger charge is -2.14. The lowest BCUT2D eigenvalue weighted by molar-refractivity contribution is -0.0501. The summed E-state index contributed by atoms with van der Waals surface area (Å²) >= 11 is 0. The second-order valence-corrected chi connectivity index (χ2v) is 5.84. The van der Waals surface area contributed by atoms with Crippen LogP contribution in [0.4, 0.5) is 14.5 Å². The molecular weight excluding hydrogens is 382 g/mol. The van der Waals surface area contributed by atoms with Crippen molar-refractivity contribution in [2.45, 2.75) is 13.2 Å². The summed E-state index contributed by atoms with van der Waals surface area (Å²) in [5, 5.41) is 2.65. The number of methoxy groups -OCH3 is 1. The highest BCUT2D eigenvalue weighted by Gasteiger charge is 2.16. The molecule has 8 heteroatoms. The number of halogens is 2. The number of hydrogen-bond donors (Lipinski definition) is 1. The van der Waals surface area contributed by atoms with Crippen molar-refractivity contribution in [2.24, 2.45) is 0 Å². The van der Waals surface area contributed by atoms with Crippen molar-refractivity contribution in [3.8, 4) is 17.2 Å². The van der Waals surface area contributed by atoms with E-state index in [1.165, 1.54) is 25.3 Å². The number of ether oxygens (including phenoxy) is 3. The molecule has 0 unspecified atom stereocenters. The van der Waals surface area contributed by atoms with Gasteiger partial charge in [-0.1, -0.05) is 12.1 Å². The van der Waals surface area contributed by atoms with Gasteiger partial charge in [0.2, 0.25) is 0 Å². The third kappa shape index (κ3) is 5.41. The van der Waals surface area contributed by atoms with E-state index in [4.69, 9.17) is 9.47 Å². The average molecular weight is 400 g/mol. The fourth-order valence-corrected chi connectivity index (χ4v) is 2.56. The van der Waals surface area contributed by atoms with Gasteiger partial charge in [-0.2, -0.15) is 8.78 Å². The average Bonchev–Trinajstić information content (AvgIpc) is 2.73. The van der Waals surface area contributed by atoms with Crippen LogP contribution in [0.5, 0.6) is 17.2 Å². The van der Waals surface area contributed by atoms with Gasteiger partial charge in [-0.05, 0) is 42.0 Å². The Morgan fingerprint density at radius 2 is 1.79 bits per heavy atom. The second kappa shape index (κ2) is 9.50. The maximum atomic E-state index is 12.6. The van der Waals surface area contributed by atoms with Crippen LogP contribution in [0.3, 0.4) is 0 Å². The maximum absolute atomic E-state index is 12.6. The van der Waals surface area contributed by atoms with Crippen molar-refractivity contribution >= 4 is 11.6 Å². The Morgan fingerprint density at radius 3 is 2.52 bits per heavy atom. The van der Waals surface area contributed by atoms with E-state index in [1.54, 1.807) is 36.7 Å². The van der Waals surface area contributed by atoms with Crippen LogP contribution in [0.2, 0.25) is 0 Å². The Balaban J connectivity index is 1.77. The molecule has 0 bridgehead atoms. The van der Waals surface area contributed by atoms with Crippen LogP contribution in [0.25, 0.3) is 0 Å². The summed E-state index contributed by atoms with van der Waals surface area (Å²) in [6.45, 7) is -2.75. The minimum Gasteiger partial charge on any atom is -0.493 e. The first kappa shape index (κ1) is 20.1. The fourth-order valence-electron chi connectivity index (χ4n) is 2.56. The minimum atomic E-state index is -3.03. The molecule has 0 radical (unpaired) electrons. The summed E-state index contributed by atoms with van der Waals surface area (Å²) in [7, 11) is 1.50. The van der Waals surface area contributed by atoms with Gasteiger partial charge in [-0.15, -0.1) is 0 Å². The Morgan fingerprint density at radius 1 is 1.03 bits per heavy atom. The van der Waals surface area contributed by atoms with E-state index in [0.717, 1.165) is 5.56 Å². The summed E-state index contributed by atoms with van der Waals surface area (Å²) in [4.78, 5) is 16.5. The molecule has 3 rings (SSSR count). The van der Waals surface area contributed by atoms with Crippen molar-refractivity contribution in [1.29, 1.82) is 0 Å². The van der Waals surface area contributed by atoms with E-state index >= 15 is 0 Å². The van der Waals surface area contributed by atoms with Crippen LogP contribution >= 0.6 is 0 Å². The zero-order valence-corrected chi connectivity index (χ0v) is 15.5. The predicted molar refractivity (Wildman–Crippen MR) is 103 cm³/mol. The smallest absolute Gasteiger partial charge is 0.387 e. The molecule has 150 valence electrons. The number of benzene rings is 2. The Hall–Kier alpha value is -3.68. The van der Waals surface area contributed by atoms with Crippen molar-refractivity contribution in [2.75, 3.05) is 12.4 Å². The molecule has 0 aliphatic carbocycles. The molecule has 1 amide bonds. The first-order chi connectivity index (χ1) is 14.1. The first-order valence-electron chi connectivity index (χ1n) is 8.61. The molecule has 0 atom stereocenters. The number of hydrogen-bond acceptors (Lipinski definition) is 5. The number of pyridine rings is 1. The van der Waals surface area contributed by atoms with E-state index < -0.39 is 12.5 Å². The molecule has 0 saturated carbocycles. The molecule has 0 fully saturated rings. The Bertz CT molecular complexity index is 968. The summed E-state index contributed by atoms with van der Waals surface area (Å²) < 4.78 is 40.6. The molecule has 1 aromatic heterocycles. The number of rotatable bonds is 8. The van der Waals surface area contributed by atoms with Gasteiger partial charge in [-0.25, -0.2) is 0 Å². The predicted octanol–water partition coefficient (Wildman–Crippen LogP) is 4.52. The van der Waals surface area contributed by atoms with Crippen molar-refractivity contribution in [3.05, 3.63) is 78.1 Å². The number of carbonyl (C=O) groups is 1. The molecule has 6 nitrogen and oxygen atoms in total. The normalized spacial score (nSPS) is 10.5. The van der Waals surface area contributed by atoms with Crippen LogP contribution in [-0.2, 0) is 6.61 Å². The van der Waals surface area contributed by atoms with Gasteiger partial charge < -0.3 is 19.5 Å². The van der Waals surface area contributed by atoms with Gasteiger partial charge in [0, 0.05) is 24.1 Å². The molecule has 0 saturated heterocycles. The van der Waals surface area contributed by atoms with Crippen LogP contribution in [0, 0.1) is 0 Å². The highest BCUT2D eigenvalue weighted by Crippen LogP contribution is 2.31. The highest BCUT2D eigenvalue weighted by molar-refractivity contribution is 6.06. The number of anilines is 1. The quantitative estimate of drug-likeness (QED) is 0.602. The number of nitrogens with one attached hydrogen (secondary N) is 1.